The first-order valence-corrected chi connectivity index (χ1v) is 6.27. The molecule has 1 saturated heterocycles. The first-order valence-electron chi connectivity index (χ1n) is 5.46. The van der Waals surface area contributed by atoms with Crippen LogP contribution in [0.2, 0.25) is 0 Å². The van der Waals surface area contributed by atoms with Gasteiger partial charge in [-0.05, 0) is 23.9 Å². The molecule has 1 fully saturated rings. The number of nitro groups is 1. The maximum absolute atomic E-state index is 11.9. The van der Waals surface area contributed by atoms with E-state index in [2.05, 4.69) is 0 Å². The van der Waals surface area contributed by atoms with Crippen molar-refractivity contribution in [3.63, 3.8) is 0 Å². The van der Waals surface area contributed by atoms with Crippen LogP contribution in [0.25, 0.3) is 0 Å². The zero-order valence-corrected chi connectivity index (χ0v) is 10.4. The second-order valence-electron chi connectivity index (χ2n) is 3.72. The summed E-state index contributed by atoms with van der Waals surface area (Å²) in [7, 11) is 0. The minimum atomic E-state index is -0.460. The number of nitrogens with zero attached hydrogens (tertiary/aromatic N) is 2. The molecular formula is C11H12N2O4S. The fourth-order valence-electron chi connectivity index (χ4n) is 1.55. The number of benzene rings is 1. The Hall–Kier alpha value is -1.60. The first-order chi connectivity index (χ1) is 8.66. The van der Waals surface area contributed by atoms with Gasteiger partial charge < -0.3 is 9.64 Å². The van der Waals surface area contributed by atoms with Crippen LogP contribution in [-0.4, -0.2) is 41.4 Å². The number of carbonyl (C=O) groups excluding carboxylic acids is 1. The van der Waals surface area contributed by atoms with E-state index in [4.69, 9.17) is 4.74 Å². The second kappa shape index (κ2) is 5.83. The molecule has 0 N–H and O–H groups in total. The molecule has 0 aromatic heterocycles. The molecule has 0 spiro atoms. The van der Waals surface area contributed by atoms with E-state index < -0.39 is 4.92 Å². The molecule has 2 rings (SSSR count). The van der Waals surface area contributed by atoms with E-state index in [1.54, 1.807) is 17.0 Å². The number of thioether (sulfide) groups is 1. The third kappa shape index (κ3) is 3.21. The Balaban J connectivity index is 1.96. The van der Waals surface area contributed by atoms with Crippen molar-refractivity contribution in [2.24, 2.45) is 0 Å². The molecule has 0 radical (unpaired) electrons. The molecule has 6 nitrogen and oxygen atoms in total. The molecule has 1 aromatic carbocycles. The number of amides is 1. The lowest BCUT2D eigenvalue weighted by Crippen LogP contribution is -2.38. The molecule has 1 heterocycles. The van der Waals surface area contributed by atoms with Crippen molar-refractivity contribution in [2.75, 3.05) is 26.3 Å². The summed E-state index contributed by atoms with van der Waals surface area (Å²) in [5.41, 5.74) is 0.0261. The Labute approximate surface area is 108 Å². The molecule has 0 saturated carbocycles. The first kappa shape index (κ1) is 12.8. The van der Waals surface area contributed by atoms with Crippen LogP contribution in [0.1, 0.15) is 0 Å². The highest BCUT2D eigenvalue weighted by Gasteiger charge is 2.18. The predicted molar refractivity (Wildman–Crippen MR) is 66.7 cm³/mol. The standard InChI is InChI=1S/C11H12N2O4S/c14-11(12-5-7-17-8-6-12)18-10-3-1-9(2-4-10)13(15)16/h1-4H,5-8H2. The molecule has 0 bridgehead atoms. The largest absolute Gasteiger partial charge is 0.378 e. The highest BCUT2D eigenvalue weighted by Crippen LogP contribution is 2.24. The van der Waals surface area contributed by atoms with E-state index in [9.17, 15) is 14.9 Å². The average molecular weight is 268 g/mol. The van der Waals surface area contributed by atoms with Gasteiger partial charge in [-0.2, -0.15) is 0 Å². The van der Waals surface area contributed by atoms with Gasteiger partial charge in [-0.25, -0.2) is 0 Å². The van der Waals surface area contributed by atoms with E-state index in [1.807, 2.05) is 0 Å². The normalized spacial score (nSPS) is 15.4. The SMILES string of the molecule is O=C(Sc1ccc([N+](=O)[O-])cc1)N1CCOCC1. The van der Waals surface area contributed by atoms with Crippen molar-refractivity contribution >= 4 is 22.7 Å². The van der Waals surface area contributed by atoms with Crippen molar-refractivity contribution in [3.8, 4) is 0 Å². The van der Waals surface area contributed by atoms with Gasteiger partial charge in [0.1, 0.15) is 0 Å². The Morgan fingerprint density at radius 2 is 1.89 bits per heavy atom. The molecular weight excluding hydrogens is 256 g/mol. The molecule has 1 aromatic rings. The molecule has 0 aliphatic carbocycles. The van der Waals surface area contributed by atoms with Gasteiger partial charge in [-0.15, -0.1) is 0 Å². The smallest absolute Gasteiger partial charge is 0.286 e. The molecule has 1 amide bonds. The van der Waals surface area contributed by atoms with Crippen molar-refractivity contribution in [1.29, 1.82) is 0 Å². The summed E-state index contributed by atoms with van der Waals surface area (Å²) in [4.78, 5) is 24.3. The number of morpholine rings is 1. The maximum Gasteiger partial charge on any atom is 0.286 e. The van der Waals surface area contributed by atoms with Crippen LogP contribution in [0, 0.1) is 10.1 Å². The van der Waals surface area contributed by atoms with Crippen LogP contribution >= 0.6 is 11.8 Å². The second-order valence-corrected chi connectivity index (χ2v) is 4.74. The zero-order chi connectivity index (χ0) is 13.0. The number of non-ortho nitro benzene ring substituents is 1. The fraction of sp³-hybridized carbons (Fsp3) is 0.364. The average Bonchev–Trinajstić information content (AvgIpc) is 2.40. The third-order valence-corrected chi connectivity index (χ3v) is 3.46. The van der Waals surface area contributed by atoms with Gasteiger partial charge in [0.15, 0.2) is 0 Å². The Kier molecular flexibility index (Phi) is 4.16. The molecule has 0 atom stereocenters. The van der Waals surface area contributed by atoms with Crippen LogP contribution < -0.4 is 0 Å². The lowest BCUT2D eigenvalue weighted by Gasteiger charge is -2.26. The summed E-state index contributed by atoms with van der Waals surface area (Å²) in [5, 5.41) is 10.4. The van der Waals surface area contributed by atoms with Gasteiger partial charge in [-0.3, -0.25) is 14.9 Å². The molecule has 7 heteroatoms. The minimum Gasteiger partial charge on any atom is -0.378 e. The molecule has 0 unspecified atom stereocenters. The summed E-state index contributed by atoms with van der Waals surface area (Å²) in [5.74, 6) is 0. The summed E-state index contributed by atoms with van der Waals surface area (Å²) in [6, 6.07) is 5.96. The highest BCUT2D eigenvalue weighted by atomic mass is 32.2. The van der Waals surface area contributed by atoms with Gasteiger partial charge in [0.25, 0.3) is 10.9 Å². The quantitative estimate of drug-likeness (QED) is 0.467. The van der Waals surface area contributed by atoms with Gasteiger partial charge in [0.2, 0.25) is 0 Å². The lowest BCUT2D eigenvalue weighted by atomic mass is 10.3. The Morgan fingerprint density at radius 1 is 1.28 bits per heavy atom. The van der Waals surface area contributed by atoms with Crippen LogP contribution in [0.15, 0.2) is 29.2 Å². The van der Waals surface area contributed by atoms with E-state index in [0.29, 0.717) is 31.2 Å². The van der Waals surface area contributed by atoms with Gasteiger partial charge in [0, 0.05) is 30.1 Å². The van der Waals surface area contributed by atoms with E-state index in [0.717, 1.165) is 11.8 Å². The van der Waals surface area contributed by atoms with E-state index in [1.165, 1.54) is 12.1 Å². The number of hydrogen-bond donors (Lipinski definition) is 0. The summed E-state index contributed by atoms with van der Waals surface area (Å²) in [6.07, 6.45) is 0. The number of rotatable bonds is 2. The van der Waals surface area contributed by atoms with Crippen LogP contribution in [0.3, 0.4) is 0 Å². The van der Waals surface area contributed by atoms with Crippen molar-refractivity contribution in [2.45, 2.75) is 4.90 Å². The number of hydrogen-bond acceptors (Lipinski definition) is 5. The van der Waals surface area contributed by atoms with E-state index in [-0.39, 0.29) is 10.9 Å². The predicted octanol–water partition coefficient (Wildman–Crippen LogP) is 2.14. The molecule has 1 aliphatic rings. The number of nitro benzene ring substituents is 1. The lowest BCUT2D eigenvalue weighted by molar-refractivity contribution is -0.384. The van der Waals surface area contributed by atoms with Gasteiger partial charge >= 0.3 is 0 Å². The maximum atomic E-state index is 11.9. The Morgan fingerprint density at radius 3 is 2.44 bits per heavy atom. The van der Waals surface area contributed by atoms with Crippen molar-refractivity contribution < 1.29 is 14.5 Å². The summed E-state index contributed by atoms with van der Waals surface area (Å²) in [6.45, 7) is 2.32. The van der Waals surface area contributed by atoms with Crippen LogP contribution in [0.4, 0.5) is 10.5 Å². The fourth-order valence-corrected chi connectivity index (χ4v) is 2.33. The molecule has 96 valence electrons. The van der Waals surface area contributed by atoms with Crippen molar-refractivity contribution in [3.05, 3.63) is 34.4 Å². The monoisotopic (exact) mass is 268 g/mol. The van der Waals surface area contributed by atoms with Gasteiger partial charge in [0.05, 0.1) is 18.1 Å². The highest BCUT2D eigenvalue weighted by molar-refractivity contribution is 8.13. The topological polar surface area (TPSA) is 72.7 Å². The van der Waals surface area contributed by atoms with Crippen LogP contribution in [-0.2, 0) is 4.74 Å². The zero-order valence-electron chi connectivity index (χ0n) is 9.57. The summed E-state index contributed by atoms with van der Waals surface area (Å²) >= 11 is 1.08. The van der Waals surface area contributed by atoms with Crippen molar-refractivity contribution in [1.82, 2.24) is 4.90 Å². The Bertz CT molecular complexity index is 443. The molecule has 18 heavy (non-hydrogen) atoms. The number of ether oxygens (including phenoxy) is 1. The molecule has 1 aliphatic heterocycles. The summed E-state index contributed by atoms with van der Waals surface area (Å²) < 4.78 is 5.16. The van der Waals surface area contributed by atoms with Gasteiger partial charge in [-0.1, -0.05) is 0 Å². The minimum absolute atomic E-state index is 0.0261. The van der Waals surface area contributed by atoms with Crippen LogP contribution in [0.5, 0.6) is 0 Å². The third-order valence-electron chi connectivity index (χ3n) is 2.52. The number of carbonyl (C=O) groups is 1. The van der Waals surface area contributed by atoms with E-state index >= 15 is 0 Å².